The summed E-state index contributed by atoms with van der Waals surface area (Å²) in [7, 11) is 0. The van der Waals surface area contributed by atoms with Crippen molar-refractivity contribution >= 4 is 34.6 Å². The number of rotatable bonds is 6. The quantitative estimate of drug-likeness (QED) is 0.610. The fraction of sp³-hybridized carbons (Fsp3) is 0.474. The van der Waals surface area contributed by atoms with E-state index in [1.165, 1.54) is 11.3 Å². The largest absolute Gasteiger partial charge is 0.444 e. The van der Waals surface area contributed by atoms with Crippen molar-refractivity contribution in [1.82, 2.24) is 5.32 Å². The molecule has 0 spiro atoms. The Balaban J connectivity index is 1.23. The Bertz CT molecular complexity index is 835. The van der Waals surface area contributed by atoms with E-state index in [0.29, 0.717) is 25.0 Å². The Kier molecular flexibility index (Phi) is 3.74. The van der Waals surface area contributed by atoms with Crippen LogP contribution >= 0.6 is 22.7 Å². The summed E-state index contributed by atoms with van der Waals surface area (Å²) in [4.78, 5) is 26.8. The van der Waals surface area contributed by atoms with Crippen molar-refractivity contribution in [2.75, 3.05) is 26.2 Å². The van der Waals surface area contributed by atoms with Crippen LogP contribution in [0.4, 0.5) is 4.79 Å². The third-order valence-electron chi connectivity index (χ3n) is 6.33. The van der Waals surface area contributed by atoms with Crippen molar-refractivity contribution < 1.29 is 18.8 Å². The van der Waals surface area contributed by atoms with Crippen LogP contribution in [0.15, 0.2) is 35.0 Å². The third-order valence-corrected chi connectivity index (χ3v) is 8.09. The van der Waals surface area contributed by atoms with E-state index in [1.54, 1.807) is 11.3 Å². The van der Waals surface area contributed by atoms with Crippen molar-refractivity contribution in [2.24, 2.45) is 11.8 Å². The summed E-state index contributed by atoms with van der Waals surface area (Å²) >= 11 is 3.10. The first-order valence-corrected chi connectivity index (χ1v) is 10.8. The first-order valence-electron chi connectivity index (χ1n) is 8.99. The van der Waals surface area contributed by atoms with Crippen LogP contribution in [0, 0.1) is 11.8 Å². The van der Waals surface area contributed by atoms with Gasteiger partial charge in [-0.15, -0.1) is 22.7 Å². The molecular formula is C19H21N2O3S2+. The lowest BCUT2D eigenvalue weighted by Gasteiger charge is -2.41. The molecule has 4 atom stereocenters. The molecule has 4 aliphatic rings. The number of alkyl carbamates (subject to hydrolysis) is 1. The highest BCUT2D eigenvalue weighted by Gasteiger charge is 2.78. The molecule has 1 amide bonds. The van der Waals surface area contributed by atoms with Gasteiger partial charge in [-0.05, 0) is 22.9 Å². The number of thiophene rings is 2. The number of carbonyl (C=O) groups excluding carboxylic acids is 2. The number of hydrogen-bond acceptors (Lipinski definition) is 5. The fourth-order valence-corrected chi connectivity index (χ4v) is 6.48. The van der Waals surface area contributed by atoms with Crippen LogP contribution in [0.1, 0.15) is 21.0 Å². The van der Waals surface area contributed by atoms with Crippen LogP contribution in [0.3, 0.4) is 0 Å². The molecule has 1 saturated carbocycles. The molecule has 5 nitrogen and oxygen atoms in total. The first kappa shape index (κ1) is 16.5. The first-order chi connectivity index (χ1) is 12.6. The number of quaternary nitrogens is 1. The summed E-state index contributed by atoms with van der Waals surface area (Å²) in [5.41, 5.74) is -0.138. The van der Waals surface area contributed by atoms with Gasteiger partial charge in [0, 0.05) is 23.1 Å². The second-order valence-corrected chi connectivity index (χ2v) is 9.77. The van der Waals surface area contributed by atoms with Crippen LogP contribution < -0.4 is 5.32 Å². The van der Waals surface area contributed by atoms with Gasteiger partial charge in [-0.2, -0.15) is 0 Å². The molecule has 3 unspecified atom stereocenters. The number of amides is 1. The topological polar surface area (TPSA) is 55.4 Å². The van der Waals surface area contributed by atoms with Gasteiger partial charge in [0.25, 0.3) is 0 Å². The number of piperidine rings is 3. The Morgan fingerprint density at radius 3 is 2.85 bits per heavy atom. The zero-order valence-electron chi connectivity index (χ0n) is 14.3. The average Bonchev–Trinajstić information content (AvgIpc) is 3.18. The van der Waals surface area contributed by atoms with Gasteiger partial charge in [0.05, 0.1) is 18.0 Å². The Morgan fingerprint density at radius 2 is 2.08 bits per heavy atom. The predicted octanol–water partition coefficient (Wildman–Crippen LogP) is 3.14. The molecule has 26 heavy (non-hydrogen) atoms. The van der Waals surface area contributed by atoms with Gasteiger partial charge in [-0.3, -0.25) is 4.79 Å². The molecule has 0 radical (unpaired) electrons. The lowest BCUT2D eigenvalue weighted by Crippen LogP contribution is -2.59. The lowest BCUT2D eigenvalue weighted by atomic mass is 10.0. The number of nitrogens with one attached hydrogen (secondary N) is 1. The van der Waals surface area contributed by atoms with Crippen molar-refractivity contribution in [2.45, 2.75) is 18.6 Å². The van der Waals surface area contributed by atoms with E-state index in [0.717, 1.165) is 40.3 Å². The second kappa shape index (κ2) is 5.90. The monoisotopic (exact) mass is 389 g/mol. The summed E-state index contributed by atoms with van der Waals surface area (Å²) in [6.45, 7) is 3.80. The molecule has 7 heteroatoms. The highest BCUT2D eigenvalue weighted by molar-refractivity contribution is 7.12. The molecule has 2 aromatic rings. The minimum atomic E-state index is -0.322. The van der Waals surface area contributed by atoms with E-state index in [2.05, 4.69) is 5.32 Å². The van der Waals surface area contributed by atoms with E-state index < -0.39 is 0 Å². The molecular weight excluding hydrogens is 368 g/mol. The molecule has 1 N–H and O–H groups in total. The van der Waals surface area contributed by atoms with Gasteiger partial charge < -0.3 is 14.5 Å². The van der Waals surface area contributed by atoms with Crippen LogP contribution in [0.5, 0.6) is 0 Å². The Morgan fingerprint density at radius 1 is 1.23 bits per heavy atom. The van der Waals surface area contributed by atoms with Gasteiger partial charge in [0.2, 0.25) is 5.78 Å². The minimum absolute atomic E-state index is 0.138. The third kappa shape index (κ3) is 2.61. The maximum absolute atomic E-state index is 12.6. The van der Waals surface area contributed by atoms with E-state index in [1.807, 2.05) is 35.0 Å². The van der Waals surface area contributed by atoms with Crippen molar-refractivity contribution in [1.29, 1.82) is 0 Å². The molecule has 6 rings (SSSR count). The summed E-state index contributed by atoms with van der Waals surface area (Å²) in [5.74, 6) is 1.30. The summed E-state index contributed by atoms with van der Waals surface area (Å²) < 4.78 is 6.23. The number of ketones is 1. The fourth-order valence-electron chi connectivity index (χ4n) is 5.21. The molecule has 136 valence electrons. The number of ether oxygens (including phenoxy) is 1. The second-order valence-electron chi connectivity index (χ2n) is 7.79. The normalized spacial score (nSPS) is 33.7. The number of Topliss-reactive ketones (excluding diaryl/α,β-unsaturated/α-hetero) is 1. The molecule has 4 bridgehead atoms. The van der Waals surface area contributed by atoms with Crippen molar-refractivity contribution in [3.05, 3.63) is 44.8 Å². The van der Waals surface area contributed by atoms with Crippen molar-refractivity contribution in [3.8, 4) is 0 Å². The van der Waals surface area contributed by atoms with Gasteiger partial charge >= 0.3 is 6.09 Å². The van der Waals surface area contributed by atoms with Crippen LogP contribution in [-0.2, 0) is 11.3 Å². The van der Waals surface area contributed by atoms with Crippen LogP contribution in [0.25, 0.3) is 0 Å². The molecule has 3 aliphatic heterocycles. The number of fused-ring (bicyclic) bond motifs is 1. The average molecular weight is 390 g/mol. The Hall–Kier alpha value is -1.70. The van der Waals surface area contributed by atoms with E-state index in [4.69, 9.17) is 4.74 Å². The van der Waals surface area contributed by atoms with Gasteiger partial charge in [0.15, 0.2) is 0 Å². The summed E-state index contributed by atoms with van der Waals surface area (Å²) in [6.07, 6.45) is 0.769. The molecule has 4 fully saturated rings. The molecule has 2 aromatic heterocycles. The number of carbonyl (C=O) groups is 2. The maximum atomic E-state index is 12.6. The minimum Gasteiger partial charge on any atom is -0.444 e. The highest BCUT2D eigenvalue weighted by Crippen LogP contribution is 2.63. The van der Waals surface area contributed by atoms with E-state index in [-0.39, 0.29) is 17.4 Å². The smallest absolute Gasteiger partial charge is 0.408 e. The molecule has 1 aliphatic carbocycles. The lowest BCUT2D eigenvalue weighted by molar-refractivity contribution is -0.921. The SMILES string of the molecule is O=C(N[C@]12C[N+]3(CC(=O)c4cccs4)CCC1C2C3)OCc1cccs1. The Labute approximate surface area is 160 Å². The van der Waals surface area contributed by atoms with Crippen LogP contribution in [0.2, 0.25) is 0 Å². The van der Waals surface area contributed by atoms with Crippen LogP contribution in [-0.4, -0.2) is 48.1 Å². The van der Waals surface area contributed by atoms with E-state index in [9.17, 15) is 9.59 Å². The van der Waals surface area contributed by atoms with Gasteiger partial charge in [0.1, 0.15) is 25.2 Å². The molecule has 0 aromatic carbocycles. The molecule has 3 saturated heterocycles. The highest BCUT2D eigenvalue weighted by atomic mass is 32.1. The summed E-state index contributed by atoms with van der Waals surface area (Å²) in [5, 5.41) is 7.11. The number of nitrogens with zero attached hydrogens (tertiary/aromatic N) is 1. The standard InChI is InChI=1S/C19H20N2O3S2/c22-16(17-4-2-8-26-17)10-21-6-5-14-15(9-21)19(14,12-21)20-18(23)24-11-13-3-1-7-25-13/h1-4,7-8,14-15H,5-6,9-12H2/p+1/t14?,15?,19-,21?/m1/s1. The number of hydrogen-bond donors (Lipinski definition) is 1. The predicted molar refractivity (Wildman–Crippen MR) is 100 cm³/mol. The maximum Gasteiger partial charge on any atom is 0.408 e. The zero-order valence-corrected chi connectivity index (χ0v) is 16.0. The zero-order chi connectivity index (χ0) is 17.8. The van der Waals surface area contributed by atoms with Gasteiger partial charge in [-0.1, -0.05) is 12.1 Å². The van der Waals surface area contributed by atoms with Gasteiger partial charge in [-0.25, -0.2) is 4.79 Å². The van der Waals surface area contributed by atoms with Crippen molar-refractivity contribution in [3.63, 3.8) is 0 Å². The summed E-state index contributed by atoms with van der Waals surface area (Å²) in [6, 6.07) is 7.76. The molecule has 5 heterocycles. The van der Waals surface area contributed by atoms with E-state index >= 15 is 0 Å².